The molecule has 1 atom stereocenters. The maximum atomic E-state index is 12.7. The third kappa shape index (κ3) is 7.85. The van der Waals surface area contributed by atoms with Crippen LogP contribution in [0.1, 0.15) is 46.4 Å². The van der Waals surface area contributed by atoms with Crippen LogP contribution in [0.15, 0.2) is 121 Å². The van der Waals surface area contributed by atoms with Gasteiger partial charge >= 0.3 is 0 Å². The zero-order chi connectivity index (χ0) is 28.4. The summed E-state index contributed by atoms with van der Waals surface area (Å²) in [5, 5.41) is 6.35. The van der Waals surface area contributed by atoms with E-state index in [1.165, 1.54) is 23.3 Å². The van der Waals surface area contributed by atoms with Gasteiger partial charge in [0.25, 0.3) is 5.91 Å². The van der Waals surface area contributed by atoms with Crippen LogP contribution < -0.4 is 10.6 Å². The van der Waals surface area contributed by atoms with Gasteiger partial charge < -0.3 is 15.5 Å². The van der Waals surface area contributed by atoms with Gasteiger partial charge in [-0.15, -0.1) is 0 Å². The number of nitrogens with one attached hydrogen (secondary N) is 2. The lowest BCUT2D eigenvalue weighted by molar-refractivity contribution is 0.0816. The minimum atomic E-state index is -0.350. The van der Waals surface area contributed by atoms with Crippen LogP contribution in [-0.4, -0.2) is 30.6 Å². The van der Waals surface area contributed by atoms with Gasteiger partial charge in [-0.05, 0) is 73.5 Å². The Labute approximate surface area is 231 Å². The van der Waals surface area contributed by atoms with Gasteiger partial charge in [-0.25, -0.2) is 4.39 Å². The maximum Gasteiger partial charge on any atom is 0.254 e. The molecule has 4 rings (SSSR count). The van der Waals surface area contributed by atoms with Crippen LogP contribution in [0.3, 0.4) is 0 Å². The van der Waals surface area contributed by atoms with Gasteiger partial charge in [0.15, 0.2) is 0 Å². The lowest BCUT2D eigenvalue weighted by Gasteiger charge is -2.19. The van der Waals surface area contributed by atoms with Gasteiger partial charge in [0.05, 0.1) is 11.7 Å². The molecule has 2 aromatic carbocycles. The molecule has 0 radical (unpaired) electrons. The molecule has 0 fully saturated rings. The number of likely N-dealkylation sites (N-methyl/N-ethyl adjacent to an activating group) is 1. The summed E-state index contributed by atoms with van der Waals surface area (Å²) in [4.78, 5) is 17.6. The Morgan fingerprint density at radius 3 is 2.62 bits per heavy atom. The third-order valence-electron chi connectivity index (χ3n) is 6.49. The van der Waals surface area contributed by atoms with E-state index in [-0.39, 0.29) is 17.8 Å². The van der Waals surface area contributed by atoms with E-state index < -0.39 is 0 Å². The molecule has 0 saturated heterocycles. The number of hydrogen-bond donors (Lipinski definition) is 2. The SMILES string of the molecule is C=CNC(=C)C(NC)c1ccc(CC2=CC=CCC=C2N=C(C)C=C)cc1.CN1Cc2ccc(F)cc2C1=O. The Morgan fingerprint density at radius 2 is 1.95 bits per heavy atom. The van der Waals surface area contributed by atoms with E-state index >= 15 is 0 Å². The number of benzene rings is 2. The molecule has 0 aromatic heterocycles. The van der Waals surface area contributed by atoms with Crippen molar-refractivity contribution in [3.8, 4) is 0 Å². The fraction of sp³-hybridized carbons (Fsp3) is 0.212. The van der Waals surface area contributed by atoms with Crippen molar-refractivity contribution in [1.82, 2.24) is 15.5 Å². The standard InChI is InChI=1S/C24H29N3.C9H8FNO/c1-6-18(3)27-23-12-10-8-9-11-22(23)17-20-13-15-21(16-14-20)24(25-5)19(4)26-7-2;1-11-5-6-2-3-7(10)4-8(6)9(11)12/h6-9,11-16,24-26H,1-2,4,10,17H2,3,5H3;2-4H,5H2,1H3. The molecule has 6 heteroatoms. The first kappa shape index (κ1) is 29.3. The molecule has 0 spiro atoms. The molecule has 39 heavy (non-hydrogen) atoms. The number of hydrogen-bond acceptors (Lipinski definition) is 4. The molecule has 1 heterocycles. The molecular formula is C33H37FN4O. The largest absolute Gasteiger partial charge is 0.364 e. The van der Waals surface area contributed by atoms with Crippen molar-refractivity contribution in [2.45, 2.75) is 32.4 Å². The van der Waals surface area contributed by atoms with E-state index in [0.29, 0.717) is 12.1 Å². The first-order valence-electron chi connectivity index (χ1n) is 12.9. The zero-order valence-electron chi connectivity index (χ0n) is 23.0. The van der Waals surface area contributed by atoms with Crippen molar-refractivity contribution in [3.05, 3.63) is 144 Å². The highest BCUT2D eigenvalue weighted by Crippen LogP contribution is 2.24. The Morgan fingerprint density at radius 1 is 1.21 bits per heavy atom. The number of rotatable bonds is 9. The van der Waals surface area contributed by atoms with Crippen molar-refractivity contribution >= 4 is 11.6 Å². The predicted molar refractivity (Wildman–Crippen MR) is 160 cm³/mol. The Balaban J connectivity index is 0.000000289. The summed E-state index contributed by atoms with van der Waals surface area (Å²) in [5.41, 5.74) is 7.84. The molecule has 2 N–H and O–H groups in total. The number of allylic oxidation sites excluding steroid dienone is 6. The maximum absolute atomic E-state index is 12.7. The van der Waals surface area contributed by atoms with E-state index in [4.69, 9.17) is 4.99 Å². The van der Waals surface area contributed by atoms with Gasteiger partial charge in [-0.1, -0.05) is 74.4 Å². The van der Waals surface area contributed by atoms with E-state index in [0.717, 1.165) is 41.1 Å². The van der Waals surface area contributed by atoms with Gasteiger partial charge in [0.1, 0.15) is 5.82 Å². The number of amides is 1. The lowest BCUT2D eigenvalue weighted by Crippen LogP contribution is -2.24. The van der Waals surface area contributed by atoms with Crippen molar-refractivity contribution in [1.29, 1.82) is 0 Å². The molecule has 1 unspecified atom stereocenters. The van der Waals surface area contributed by atoms with Gasteiger partial charge in [-0.2, -0.15) is 0 Å². The summed E-state index contributed by atoms with van der Waals surface area (Å²) in [5.74, 6) is -0.443. The molecule has 0 bridgehead atoms. The highest BCUT2D eigenvalue weighted by molar-refractivity contribution is 5.98. The zero-order valence-corrected chi connectivity index (χ0v) is 23.0. The Bertz CT molecular complexity index is 1350. The average Bonchev–Trinajstić information content (AvgIpc) is 3.06. The van der Waals surface area contributed by atoms with Crippen molar-refractivity contribution in [3.63, 3.8) is 0 Å². The second-order valence-corrected chi connectivity index (χ2v) is 9.38. The highest BCUT2D eigenvalue weighted by atomic mass is 19.1. The van der Waals surface area contributed by atoms with Crippen LogP contribution in [0.5, 0.6) is 0 Å². The molecule has 1 amide bonds. The summed E-state index contributed by atoms with van der Waals surface area (Å²) in [6.07, 6.45) is 13.7. The predicted octanol–water partition coefficient (Wildman–Crippen LogP) is 6.56. The number of nitrogens with zero attached hydrogens (tertiary/aromatic N) is 2. The summed E-state index contributed by atoms with van der Waals surface area (Å²) >= 11 is 0. The van der Waals surface area contributed by atoms with Crippen molar-refractivity contribution in [2.24, 2.45) is 4.99 Å². The molecule has 1 aliphatic heterocycles. The van der Waals surface area contributed by atoms with Crippen LogP contribution in [0, 0.1) is 5.82 Å². The number of halogens is 1. The van der Waals surface area contributed by atoms with E-state index in [2.05, 4.69) is 78.9 Å². The van der Waals surface area contributed by atoms with Crippen molar-refractivity contribution in [2.75, 3.05) is 14.1 Å². The molecule has 202 valence electrons. The Kier molecular flexibility index (Phi) is 10.5. The number of fused-ring (bicyclic) bond motifs is 1. The number of carbonyl (C=O) groups excluding carboxylic acids is 1. The molecule has 2 aromatic rings. The minimum Gasteiger partial charge on any atom is -0.364 e. The van der Waals surface area contributed by atoms with Crippen LogP contribution in [-0.2, 0) is 13.0 Å². The number of carbonyl (C=O) groups is 1. The van der Waals surface area contributed by atoms with Crippen LogP contribution >= 0.6 is 0 Å². The molecule has 1 aliphatic carbocycles. The molecule has 5 nitrogen and oxygen atoms in total. The quantitative estimate of drug-likeness (QED) is 0.365. The van der Waals surface area contributed by atoms with Crippen LogP contribution in [0.2, 0.25) is 0 Å². The van der Waals surface area contributed by atoms with Gasteiger partial charge in [0, 0.05) is 30.6 Å². The first-order valence-corrected chi connectivity index (χ1v) is 12.9. The summed E-state index contributed by atoms with van der Waals surface area (Å²) in [6.45, 7) is 14.1. The number of aliphatic imine (C=N–C) groups is 1. The second-order valence-electron chi connectivity index (χ2n) is 9.38. The van der Waals surface area contributed by atoms with Crippen molar-refractivity contribution < 1.29 is 9.18 Å². The van der Waals surface area contributed by atoms with Crippen LogP contribution in [0.25, 0.3) is 0 Å². The minimum absolute atomic E-state index is 0.0346. The fourth-order valence-corrected chi connectivity index (χ4v) is 4.38. The van der Waals surface area contributed by atoms with E-state index in [9.17, 15) is 9.18 Å². The molecule has 2 aliphatic rings. The first-order chi connectivity index (χ1) is 18.8. The van der Waals surface area contributed by atoms with E-state index in [1.807, 2.05) is 14.0 Å². The normalized spacial score (nSPS) is 15.2. The molecular weight excluding hydrogens is 487 g/mol. The molecule has 0 saturated carbocycles. The second kappa shape index (κ2) is 14.0. The summed E-state index contributed by atoms with van der Waals surface area (Å²) in [6, 6.07) is 13.0. The summed E-state index contributed by atoms with van der Waals surface area (Å²) in [7, 11) is 3.63. The Hall–Kier alpha value is -4.29. The smallest absolute Gasteiger partial charge is 0.254 e. The average molecular weight is 525 g/mol. The van der Waals surface area contributed by atoms with Gasteiger partial charge in [0.2, 0.25) is 0 Å². The van der Waals surface area contributed by atoms with Gasteiger partial charge in [-0.3, -0.25) is 9.79 Å². The lowest BCUT2D eigenvalue weighted by atomic mass is 9.98. The summed E-state index contributed by atoms with van der Waals surface area (Å²) < 4.78 is 12.7. The van der Waals surface area contributed by atoms with E-state index in [1.54, 1.807) is 30.3 Å². The fourth-order valence-electron chi connectivity index (χ4n) is 4.38. The van der Waals surface area contributed by atoms with Crippen LogP contribution in [0.4, 0.5) is 4.39 Å². The third-order valence-corrected chi connectivity index (χ3v) is 6.49. The topological polar surface area (TPSA) is 56.7 Å². The monoisotopic (exact) mass is 524 g/mol. The highest BCUT2D eigenvalue weighted by Gasteiger charge is 2.24.